The van der Waals surface area contributed by atoms with Gasteiger partial charge in [-0.2, -0.15) is 0 Å². The van der Waals surface area contributed by atoms with Crippen molar-refractivity contribution < 1.29 is 17.6 Å². The summed E-state index contributed by atoms with van der Waals surface area (Å²) in [5, 5.41) is 5.24. The summed E-state index contributed by atoms with van der Waals surface area (Å²) in [6.45, 7) is 2.64. The smallest absolute Gasteiger partial charge is 0.185 e. The minimum absolute atomic E-state index is 0.0684. The number of rotatable bonds is 5. The van der Waals surface area contributed by atoms with Gasteiger partial charge in [-0.15, -0.1) is 0 Å². The fraction of sp³-hybridized carbons (Fsp3) is 0.214. The van der Waals surface area contributed by atoms with Gasteiger partial charge in [0.2, 0.25) is 0 Å². The fourth-order valence-corrected chi connectivity index (χ4v) is 1.67. The molecule has 0 atom stereocenters. The molecule has 3 nitrogen and oxygen atoms in total. The maximum atomic E-state index is 13.5. The molecule has 2 N–H and O–H groups in total. The van der Waals surface area contributed by atoms with E-state index in [4.69, 9.17) is 0 Å². The van der Waals surface area contributed by atoms with Crippen LogP contribution in [0.4, 0.5) is 34.9 Å². The first kappa shape index (κ1) is 15.1. The minimum atomic E-state index is -1.50. The van der Waals surface area contributed by atoms with E-state index in [2.05, 4.69) is 15.6 Å². The summed E-state index contributed by atoms with van der Waals surface area (Å²) in [4.78, 5) is 4.05. The van der Waals surface area contributed by atoms with Crippen molar-refractivity contribution in [2.45, 2.75) is 13.3 Å². The zero-order chi connectivity index (χ0) is 15.4. The molecular weight excluding hydrogens is 286 g/mol. The quantitative estimate of drug-likeness (QED) is 0.641. The Balaban J connectivity index is 2.30. The molecule has 0 aliphatic carbocycles. The van der Waals surface area contributed by atoms with Crippen LogP contribution in [-0.2, 0) is 0 Å². The molecule has 2 aromatic rings. The van der Waals surface area contributed by atoms with E-state index in [0.717, 1.165) is 6.42 Å². The van der Waals surface area contributed by atoms with Crippen molar-refractivity contribution >= 4 is 17.3 Å². The van der Waals surface area contributed by atoms with E-state index in [-0.39, 0.29) is 11.9 Å². The number of aromatic nitrogens is 1. The van der Waals surface area contributed by atoms with Crippen LogP contribution < -0.4 is 10.6 Å². The topological polar surface area (TPSA) is 37.0 Å². The molecule has 0 radical (unpaired) electrons. The van der Waals surface area contributed by atoms with Crippen molar-refractivity contribution in [2.24, 2.45) is 0 Å². The largest absolute Gasteiger partial charge is 0.370 e. The lowest BCUT2D eigenvalue weighted by molar-refractivity contribution is 0.459. The molecule has 7 heteroatoms. The van der Waals surface area contributed by atoms with E-state index < -0.39 is 29.0 Å². The maximum absolute atomic E-state index is 13.5. The third-order valence-corrected chi connectivity index (χ3v) is 2.67. The van der Waals surface area contributed by atoms with Crippen LogP contribution in [0.15, 0.2) is 24.3 Å². The Kier molecular flexibility index (Phi) is 4.62. The van der Waals surface area contributed by atoms with Gasteiger partial charge in [-0.1, -0.05) is 13.0 Å². The monoisotopic (exact) mass is 299 g/mol. The second kappa shape index (κ2) is 6.43. The predicted molar refractivity (Wildman–Crippen MR) is 72.6 cm³/mol. The zero-order valence-corrected chi connectivity index (χ0v) is 11.2. The molecule has 0 bridgehead atoms. The van der Waals surface area contributed by atoms with Crippen LogP contribution >= 0.6 is 0 Å². The van der Waals surface area contributed by atoms with Gasteiger partial charge in [-0.25, -0.2) is 22.5 Å². The van der Waals surface area contributed by atoms with Gasteiger partial charge < -0.3 is 10.6 Å². The fourth-order valence-electron chi connectivity index (χ4n) is 1.67. The Hall–Kier alpha value is -2.31. The van der Waals surface area contributed by atoms with Gasteiger partial charge in [0.1, 0.15) is 17.3 Å². The van der Waals surface area contributed by atoms with Crippen LogP contribution in [-0.4, -0.2) is 11.5 Å². The molecule has 0 aliphatic heterocycles. The molecule has 21 heavy (non-hydrogen) atoms. The van der Waals surface area contributed by atoms with Crippen LogP contribution in [0.5, 0.6) is 0 Å². The molecule has 0 saturated heterocycles. The highest BCUT2D eigenvalue weighted by molar-refractivity contribution is 5.59. The third kappa shape index (κ3) is 3.42. The van der Waals surface area contributed by atoms with E-state index in [1.165, 1.54) is 6.07 Å². The lowest BCUT2D eigenvalue weighted by atomic mass is 10.2. The first-order chi connectivity index (χ1) is 10.0. The van der Waals surface area contributed by atoms with Crippen molar-refractivity contribution in [2.75, 3.05) is 17.2 Å². The Labute approximate surface area is 119 Å². The number of anilines is 3. The van der Waals surface area contributed by atoms with E-state index in [1.807, 2.05) is 6.92 Å². The molecule has 0 aliphatic rings. The lowest BCUT2D eigenvalue weighted by Crippen LogP contribution is -2.06. The summed E-state index contributed by atoms with van der Waals surface area (Å²) in [5.41, 5.74) is -0.910. The summed E-state index contributed by atoms with van der Waals surface area (Å²) >= 11 is 0. The van der Waals surface area contributed by atoms with Gasteiger partial charge in [0.05, 0.1) is 0 Å². The summed E-state index contributed by atoms with van der Waals surface area (Å²) in [5.74, 6) is -5.39. The van der Waals surface area contributed by atoms with Crippen molar-refractivity contribution in [3.63, 3.8) is 0 Å². The Morgan fingerprint density at radius 1 is 1.00 bits per heavy atom. The highest BCUT2D eigenvalue weighted by atomic mass is 19.2. The van der Waals surface area contributed by atoms with Crippen molar-refractivity contribution in [1.82, 2.24) is 4.98 Å². The number of halogens is 4. The zero-order valence-electron chi connectivity index (χ0n) is 11.2. The Morgan fingerprint density at radius 2 is 1.62 bits per heavy atom. The normalized spacial score (nSPS) is 10.5. The standard InChI is InChI=1S/C14H13F4N3/c1-2-6-19-10-4-3-5-11(20-10)21-14-12(17)8(15)7-9(16)13(14)18/h3-5,7H,2,6H2,1H3,(H2,19,20,21). The van der Waals surface area contributed by atoms with Crippen molar-refractivity contribution in [3.8, 4) is 0 Å². The molecule has 0 unspecified atom stereocenters. The molecule has 1 heterocycles. The lowest BCUT2D eigenvalue weighted by Gasteiger charge is -2.11. The third-order valence-electron chi connectivity index (χ3n) is 2.67. The highest BCUT2D eigenvalue weighted by Gasteiger charge is 2.19. The summed E-state index contributed by atoms with van der Waals surface area (Å²) in [7, 11) is 0. The Morgan fingerprint density at radius 3 is 2.24 bits per heavy atom. The van der Waals surface area contributed by atoms with Gasteiger partial charge >= 0.3 is 0 Å². The van der Waals surface area contributed by atoms with Crippen LogP contribution in [0.2, 0.25) is 0 Å². The molecule has 2 rings (SSSR count). The SMILES string of the molecule is CCCNc1cccc(Nc2c(F)c(F)cc(F)c2F)n1. The second-order valence-electron chi connectivity index (χ2n) is 4.30. The predicted octanol–water partition coefficient (Wildman–Crippen LogP) is 4.20. The molecule has 112 valence electrons. The van der Waals surface area contributed by atoms with E-state index >= 15 is 0 Å². The number of hydrogen-bond donors (Lipinski definition) is 2. The molecule has 1 aromatic heterocycles. The molecular formula is C14H13F4N3. The van der Waals surface area contributed by atoms with E-state index in [9.17, 15) is 17.6 Å². The number of pyridine rings is 1. The minimum Gasteiger partial charge on any atom is -0.370 e. The second-order valence-corrected chi connectivity index (χ2v) is 4.30. The molecule has 0 fully saturated rings. The van der Waals surface area contributed by atoms with Gasteiger partial charge in [0, 0.05) is 12.6 Å². The average molecular weight is 299 g/mol. The molecule has 0 amide bonds. The average Bonchev–Trinajstić information content (AvgIpc) is 2.48. The van der Waals surface area contributed by atoms with Crippen LogP contribution in [0.25, 0.3) is 0 Å². The first-order valence-corrected chi connectivity index (χ1v) is 6.34. The molecule has 0 spiro atoms. The van der Waals surface area contributed by atoms with Gasteiger partial charge in [0.15, 0.2) is 23.3 Å². The van der Waals surface area contributed by atoms with Crippen LogP contribution in [0.1, 0.15) is 13.3 Å². The Bertz CT molecular complexity index is 620. The first-order valence-electron chi connectivity index (χ1n) is 6.34. The summed E-state index contributed by atoms with van der Waals surface area (Å²) < 4.78 is 53.3. The number of nitrogens with zero attached hydrogens (tertiary/aromatic N) is 1. The molecule has 1 aromatic carbocycles. The van der Waals surface area contributed by atoms with Gasteiger partial charge in [-0.05, 0) is 18.6 Å². The van der Waals surface area contributed by atoms with Gasteiger partial charge in [-0.3, -0.25) is 0 Å². The van der Waals surface area contributed by atoms with E-state index in [1.54, 1.807) is 12.1 Å². The van der Waals surface area contributed by atoms with Gasteiger partial charge in [0.25, 0.3) is 0 Å². The number of nitrogens with one attached hydrogen (secondary N) is 2. The van der Waals surface area contributed by atoms with Crippen LogP contribution in [0, 0.1) is 23.3 Å². The van der Waals surface area contributed by atoms with Crippen LogP contribution in [0.3, 0.4) is 0 Å². The highest BCUT2D eigenvalue weighted by Crippen LogP contribution is 2.27. The molecule has 0 saturated carbocycles. The van der Waals surface area contributed by atoms with Crippen molar-refractivity contribution in [1.29, 1.82) is 0 Å². The summed E-state index contributed by atoms with van der Waals surface area (Å²) in [6.07, 6.45) is 0.873. The van der Waals surface area contributed by atoms with E-state index in [0.29, 0.717) is 12.4 Å². The maximum Gasteiger partial charge on any atom is 0.185 e. The number of benzene rings is 1. The van der Waals surface area contributed by atoms with Crippen molar-refractivity contribution in [3.05, 3.63) is 47.5 Å². The number of hydrogen-bond acceptors (Lipinski definition) is 3. The summed E-state index contributed by atoms with van der Waals surface area (Å²) in [6, 6.07) is 4.85.